The van der Waals surface area contributed by atoms with E-state index in [4.69, 9.17) is 0 Å². The van der Waals surface area contributed by atoms with Gasteiger partial charge in [-0.3, -0.25) is 10.1 Å². The van der Waals surface area contributed by atoms with E-state index in [0.29, 0.717) is 5.52 Å². The second-order valence-corrected chi connectivity index (χ2v) is 2.48. The largest absolute Gasteiger partial charge is 0.344 e. The second kappa shape index (κ2) is 2.51. The minimum atomic E-state index is -0.660. The Kier molecular flexibility index (Phi) is 1.48. The SMILES string of the molecule is O=[N+]([O-])c1cc(F)cc2[nH]cnc12. The molecule has 0 fully saturated rings. The van der Waals surface area contributed by atoms with Crippen LogP contribution in [0.1, 0.15) is 0 Å². The van der Waals surface area contributed by atoms with Crippen molar-refractivity contribution in [2.45, 2.75) is 0 Å². The van der Waals surface area contributed by atoms with Gasteiger partial charge in [-0.15, -0.1) is 0 Å². The fraction of sp³-hybridized carbons (Fsp3) is 0. The number of aromatic nitrogens is 2. The highest BCUT2D eigenvalue weighted by atomic mass is 19.1. The fourth-order valence-corrected chi connectivity index (χ4v) is 1.14. The van der Waals surface area contributed by atoms with Crippen LogP contribution in [0.25, 0.3) is 11.0 Å². The van der Waals surface area contributed by atoms with Crippen LogP contribution < -0.4 is 0 Å². The van der Waals surface area contributed by atoms with Gasteiger partial charge < -0.3 is 4.98 Å². The maximum Gasteiger partial charge on any atom is 0.299 e. The van der Waals surface area contributed by atoms with E-state index in [1.54, 1.807) is 0 Å². The van der Waals surface area contributed by atoms with Crippen molar-refractivity contribution in [1.29, 1.82) is 0 Å². The molecule has 0 aliphatic rings. The molecule has 66 valence electrons. The van der Waals surface area contributed by atoms with E-state index in [2.05, 4.69) is 9.97 Å². The van der Waals surface area contributed by atoms with Crippen LogP contribution in [0.2, 0.25) is 0 Å². The van der Waals surface area contributed by atoms with Crippen LogP contribution in [-0.2, 0) is 0 Å². The second-order valence-electron chi connectivity index (χ2n) is 2.48. The van der Waals surface area contributed by atoms with Gasteiger partial charge in [-0.2, -0.15) is 0 Å². The number of nitrogens with one attached hydrogen (secondary N) is 1. The van der Waals surface area contributed by atoms with Crippen molar-refractivity contribution in [1.82, 2.24) is 9.97 Å². The zero-order chi connectivity index (χ0) is 9.42. The molecule has 0 amide bonds. The smallest absolute Gasteiger partial charge is 0.299 e. The molecule has 0 aliphatic heterocycles. The Hall–Kier alpha value is -1.98. The summed E-state index contributed by atoms with van der Waals surface area (Å²) >= 11 is 0. The summed E-state index contributed by atoms with van der Waals surface area (Å²) in [7, 11) is 0. The summed E-state index contributed by atoms with van der Waals surface area (Å²) in [4.78, 5) is 16.1. The number of hydrogen-bond acceptors (Lipinski definition) is 3. The number of imidazole rings is 1. The van der Waals surface area contributed by atoms with Crippen LogP contribution in [0.4, 0.5) is 10.1 Å². The third-order valence-electron chi connectivity index (χ3n) is 1.66. The molecule has 0 radical (unpaired) electrons. The van der Waals surface area contributed by atoms with E-state index in [1.165, 1.54) is 6.33 Å². The van der Waals surface area contributed by atoms with Crippen LogP contribution >= 0.6 is 0 Å². The highest BCUT2D eigenvalue weighted by molar-refractivity contribution is 5.84. The molecule has 6 heteroatoms. The Labute approximate surface area is 71.4 Å². The highest BCUT2D eigenvalue weighted by Gasteiger charge is 2.15. The van der Waals surface area contributed by atoms with Gasteiger partial charge in [0.15, 0.2) is 5.52 Å². The van der Waals surface area contributed by atoms with E-state index in [1.807, 2.05) is 0 Å². The number of halogens is 1. The Morgan fingerprint density at radius 3 is 3.00 bits per heavy atom. The number of non-ortho nitro benzene ring substituents is 1. The maximum atomic E-state index is 12.8. The molecule has 0 aliphatic carbocycles. The van der Waals surface area contributed by atoms with E-state index in [-0.39, 0.29) is 11.2 Å². The number of hydrogen-bond donors (Lipinski definition) is 1. The minimum Gasteiger partial charge on any atom is -0.344 e. The van der Waals surface area contributed by atoms with Crippen molar-refractivity contribution < 1.29 is 9.31 Å². The van der Waals surface area contributed by atoms with Crippen LogP contribution in [0.15, 0.2) is 18.5 Å². The summed E-state index contributed by atoms with van der Waals surface area (Å²) < 4.78 is 12.8. The molecule has 1 aromatic heterocycles. The quantitative estimate of drug-likeness (QED) is 0.536. The van der Waals surface area contributed by atoms with Gasteiger partial charge in [0.25, 0.3) is 5.69 Å². The van der Waals surface area contributed by atoms with Crippen LogP contribution in [0.3, 0.4) is 0 Å². The van der Waals surface area contributed by atoms with Gasteiger partial charge in [-0.1, -0.05) is 0 Å². The molecule has 13 heavy (non-hydrogen) atoms. The van der Waals surface area contributed by atoms with Crippen molar-refractivity contribution in [2.75, 3.05) is 0 Å². The first-order valence-corrected chi connectivity index (χ1v) is 3.45. The number of benzene rings is 1. The zero-order valence-corrected chi connectivity index (χ0v) is 6.32. The summed E-state index contributed by atoms with van der Waals surface area (Å²) in [5.41, 5.74) is 0.175. The number of nitrogens with zero attached hydrogens (tertiary/aromatic N) is 2. The van der Waals surface area contributed by atoms with Crippen molar-refractivity contribution in [3.63, 3.8) is 0 Å². The normalized spacial score (nSPS) is 10.5. The van der Waals surface area contributed by atoms with Crippen LogP contribution in [-0.4, -0.2) is 14.9 Å². The molecule has 1 N–H and O–H groups in total. The highest BCUT2D eigenvalue weighted by Crippen LogP contribution is 2.23. The van der Waals surface area contributed by atoms with Crippen molar-refractivity contribution in [3.8, 4) is 0 Å². The molecule has 0 unspecified atom stereocenters. The number of nitro benzene ring substituents is 1. The molecule has 0 spiro atoms. The number of nitro groups is 1. The molecule has 1 heterocycles. The summed E-state index contributed by atoms with van der Waals surface area (Å²) in [5, 5.41) is 10.5. The lowest BCUT2D eigenvalue weighted by Gasteiger charge is -1.92. The zero-order valence-electron chi connectivity index (χ0n) is 6.32. The lowest BCUT2D eigenvalue weighted by molar-refractivity contribution is -0.383. The first-order chi connectivity index (χ1) is 6.18. The van der Waals surface area contributed by atoms with Crippen molar-refractivity contribution in [2.24, 2.45) is 0 Å². The average molecular weight is 181 g/mol. The third-order valence-corrected chi connectivity index (χ3v) is 1.66. The van der Waals surface area contributed by atoms with Gasteiger partial charge in [0.2, 0.25) is 0 Å². The Morgan fingerprint density at radius 1 is 1.54 bits per heavy atom. The van der Waals surface area contributed by atoms with Crippen molar-refractivity contribution in [3.05, 3.63) is 34.4 Å². The number of H-pyrrole nitrogens is 1. The monoisotopic (exact) mass is 181 g/mol. The average Bonchev–Trinajstić information content (AvgIpc) is 2.49. The summed E-state index contributed by atoms with van der Waals surface area (Å²) in [6.07, 6.45) is 1.29. The Balaban J connectivity index is 2.84. The number of aromatic amines is 1. The summed E-state index contributed by atoms with van der Waals surface area (Å²) in [5.74, 6) is -0.650. The lowest BCUT2D eigenvalue weighted by atomic mass is 10.2. The standard InChI is InChI=1S/C7H4FN3O2/c8-4-1-5-7(10-3-9-5)6(2-4)11(12)13/h1-3H,(H,9,10). The molecule has 0 bridgehead atoms. The first-order valence-electron chi connectivity index (χ1n) is 3.45. The molecular formula is C7H4FN3O2. The van der Waals surface area contributed by atoms with Crippen molar-refractivity contribution >= 4 is 16.7 Å². The van der Waals surface area contributed by atoms with Crippen LogP contribution in [0, 0.1) is 15.9 Å². The van der Waals surface area contributed by atoms with Gasteiger partial charge >= 0.3 is 0 Å². The van der Waals surface area contributed by atoms with E-state index in [9.17, 15) is 14.5 Å². The molecule has 2 rings (SSSR count). The predicted molar refractivity (Wildman–Crippen MR) is 42.7 cm³/mol. The topological polar surface area (TPSA) is 71.8 Å². The maximum absolute atomic E-state index is 12.8. The van der Waals surface area contributed by atoms with Gasteiger partial charge in [0.1, 0.15) is 5.82 Å². The number of fused-ring (bicyclic) bond motifs is 1. The fourth-order valence-electron chi connectivity index (χ4n) is 1.14. The first kappa shape index (κ1) is 7.66. The van der Waals surface area contributed by atoms with E-state index in [0.717, 1.165) is 12.1 Å². The minimum absolute atomic E-state index is 0.173. The summed E-state index contributed by atoms with van der Waals surface area (Å²) in [6.45, 7) is 0. The third kappa shape index (κ3) is 1.12. The van der Waals surface area contributed by atoms with E-state index < -0.39 is 10.7 Å². The van der Waals surface area contributed by atoms with E-state index >= 15 is 0 Å². The predicted octanol–water partition coefficient (Wildman–Crippen LogP) is 1.61. The molecular weight excluding hydrogens is 177 g/mol. The van der Waals surface area contributed by atoms with Crippen LogP contribution in [0.5, 0.6) is 0 Å². The van der Waals surface area contributed by atoms with Gasteiger partial charge in [-0.05, 0) is 0 Å². The van der Waals surface area contributed by atoms with Gasteiger partial charge in [-0.25, -0.2) is 9.37 Å². The summed E-state index contributed by atoms with van der Waals surface area (Å²) in [6, 6.07) is 2.01. The van der Waals surface area contributed by atoms with Gasteiger partial charge in [0.05, 0.1) is 22.8 Å². The molecule has 5 nitrogen and oxygen atoms in total. The molecule has 2 aromatic rings. The lowest BCUT2D eigenvalue weighted by Crippen LogP contribution is -1.90. The molecule has 1 aromatic carbocycles. The Morgan fingerprint density at radius 2 is 2.31 bits per heavy atom. The van der Waals surface area contributed by atoms with Gasteiger partial charge in [0, 0.05) is 6.07 Å². The molecule has 0 saturated carbocycles. The molecule has 0 atom stereocenters. The number of rotatable bonds is 1. The molecule has 0 saturated heterocycles. The Bertz CT molecular complexity index is 480.